The van der Waals surface area contributed by atoms with E-state index >= 15 is 0 Å². The average molecular weight is 396 g/mol. The van der Waals surface area contributed by atoms with Crippen LogP contribution in [0.15, 0.2) is 66.7 Å². The van der Waals surface area contributed by atoms with Crippen molar-refractivity contribution in [3.63, 3.8) is 0 Å². The zero-order valence-corrected chi connectivity index (χ0v) is 16.1. The molecular formula is C23H19ClFNO2. The molecule has 0 aliphatic carbocycles. The molecule has 0 aliphatic rings. The molecule has 1 heterocycles. The Labute approximate surface area is 168 Å². The number of fused-ring (bicyclic) bond motifs is 3. The normalized spacial score (nSPS) is 10.6. The van der Waals surface area contributed by atoms with Gasteiger partial charge in [0.05, 0.1) is 24.2 Å². The summed E-state index contributed by atoms with van der Waals surface area (Å²) in [6.07, 6.45) is 0.162. The SMILES string of the molecule is CCOC(=O)Cc1cc(-c2ccc(F)cc2)nc2ccc3ccccc3c12.Cl. The van der Waals surface area contributed by atoms with Crippen LogP contribution in [0.2, 0.25) is 0 Å². The fourth-order valence-corrected chi connectivity index (χ4v) is 3.37. The molecule has 142 valence electrons. The number of hydrogen-bond donors (Lipinski definition) is 0. The predicted octanol–water partition coefficient (Wildman–Crippen LogP) is 5.72. The predicted molar refractivity (Wildman–Crippen MR) is 112 cm³/mol. The fraction of sp³-hybridized carbons (Fsp3) is 0.130. The van der Waals surface area contributed by atoms with Crippen molar-refractivity contribution < 1.29 is 13.9 Å². The van der Waals surface area contributed by atoms with E-state index in [-0.39, 0.29) is 30.6 Å². The van der Waals surface area contributed by atoms with Crippen LogP contribution in [0.5, 0.6) is 0 Å². The minimum atomic E-state index is -0.294. The van der Waals surface area contributed by atoms with Crippen molar-refractivity contribution >= 4 is 40.1 Å². The summed E-state index contributed by atoms with van der Waals surface area (Å²) in [7, 11) is 0. The Morgan fingerprint density at radius 2 is 1.79 bits per heavy atom. The Bertz CT molecular complexity index is 1140. The molecule has 0 fully saturated rings. The number of esters is 1. The van der Waals surface area contributed by atoms with Crippen LogP contribution in [0, 0.1) is 5.82 Å². The lowest BCUT2D eigenvalue weighted by Gasteiger charge is -2.12. The van der Waals surface area contributed by atoms with Gasteiger partial charge in [0.25, 0.3) is 0 Å². The lowest BCUT2D eigenvalue weighted by Crippen LogP contribution is -2.08. The summed E-state index contributed by atoms with van der Waals surface area (Å²) in [6, 6.07) is 20.1. The van der Waals surface area contributed by atoms with Crippen LogP contribution < -0.4 is 0 Å². The van der Waals surface area contributed by atoms with E-state index in [1.165, 1.54) is 12.1 Å². The van der Waals surface area contributed by atoms with Gasteiger partial charge in [0, 0.05) is 10.9 Å². The van der Waals surface area contributed by atoms with E-state index in [1.807, 2.05) is 42.5 Å². The van der Waals surface area contributed by atoms with Crippen molar-refractivity contribution in [3.8, 4) is 11.3 Å². The van der Waals surface area contributed by atoms with Gasteiger partial charge in [-0.2, -0.15) is 0 Å². The molecule has 4 aromatic rings. The van der Waals surface area contributed by atoms with Crippen molar-refractivity contribution in [3.05, 3.63) is 78.1 Å². The Kier molecular flexibility index (Phi) is 5.90. The van der Waals surface area contributed by atoms with Crippen LogP contribution in [0.3, 0.4) is 0 Å². The maximum atomic E-state index is 13.3. The number of carbonyl (C=O) groups is 1. The van der Waals surface area contributed by atoms with E-state index in [0.29, 0.717) is 12.3 Å². The van der Waals surface area contributed by atoms with Crippen LogP contribution >= 0.6 is 12.4 Å². The van der Waals surface area contributed by atoms with Crippen molar-refractivity contribution in [1.29, 1.82) is 0 Å². The Balaban J connectivity index is 0.00000225. The average Bonchev–Trinajstić information content (AvgIpc) is 2.68. The molecule has 0 atom stereocenters. The van der Waals surface area contributed by atoms with Gasteiger partial charge in [0.2, 0.25) is 0 Å². The van der Waals surface area contributed by atoms with Crippen molar-refractivity contribution in [2.24, 2.45) is 0 Å². The summed E-state index contributed by atoms with van der Waals surface area (Å²) in [6.45, 7) is 2.13. The fourth-order valence-electron chi connectivity index (χ4n) is 3.37. The number of benzene rings is 3. The van der Waals surface area contributed by atoms with Gasteiger partial charge >= 0.3 is 5.97 Å². The zero-order chi connectivity index (χ0) is 18.8. The minimum Gasteiger partial charge on any atom is -0.466 e. The lowest BCUT2D eigenvalue weighted by molar-refractivity contribution is -0.142. The molecule has 1 aromatic heterocycles. The van der Waals surface area contributed by atoms with Crippen LogP contribution in [-0.4, -0.2) is 17.6 Å². The highest BCUT2D eigenvalue weighted by Gasteiger charge is 2.14. The van der Waals surface area contributed by atoms with E-state index in [0.717, 1.165) is 32.8 Å². The van der Waals surface area contributed by atoms with Crippen LogP contribution in [-0.2, 0) is 16.0 Å². The molecule has 0 radical (unpaired) electrons. The molecule has 0 N–H and O–H groups in total. The molecule has 4 rings (SSSR count). The molecule has 0 saturated carbocycles. The minimum absolute atomic E-state index is 0. The number of rotatable bonds is 4. The highest BCUT2D eigenvalue weighted by Crippen LogP contribution is 2.31. The smallest absolute Gasteiger partial charge is 0.310 e. The summed E-state index contributed by atoms with van der Waals surface area (Å²) in [4.78, 5) is 17.0. The van der Waals surface area contributed by atoms with Crippen molar-refractivity contribution in [2.45, 2.75) is 13.3 Å². The Morgan fingerprint density at radius 3 is 2.54 bits per heavy atom. The van der Waals surface area contributed by atoms with Crippen molar-refractivity contribution in [2.75, 3.05) is 6.61 Å². The number of halogens is 2. The van der Waals surface area contributed by atoms with Gasteiger partial charge < -0.3 is 4.74 Å². The van der Waals surface area contributed by atoms with Crippen LogP contribution in [0.1, 0.15) is 12.5 Å². The van der Waals surface area contributed by atoms with Gasteiger partial charge in [-0.3, -0.25) is 4.79 Å². The maximum Gasteiger partial charge on any atom is 0.310 e. The second-order valence-electron chi connectivity index (χ2n) is 6.34. The zero-order valence-electron chi connectivity index (χ0n) is 15.3. The summed E-state index contributed by atoms with van der Waals surface area (Å²) < 4.78 is 18.4. The molecule has 3 nitrogen and oxygen atoms in total. The first-order chi connectivity index (χ1) is 13.2. The third kappa shape index (κ3) is 3.82. The van der Waals surface area contributed by atoms with Gasteiger partial charge in [-0.25, -0.2) is 9.37 Å². The first-order valence-electron chi connectivity index (χ1n) is 8.88. The van der Waals surface area contributed by atoms with E-state index in [4.69, 9.17) is 9.72 Å². The van der Waals surface area contributed by atoms with Crippen molar-refractivity contribution in [1.82, 2.24) is 4.98 Å². The lowest BCUT2D eigenvalue weighted by atomic mass is 9.97. The summed E-state index contributed by atoms with van der Waals surface area (Å²) in [5.41, 5.74) is 3.16. The number of pyridine rings is 1. The molecule has 0 spiro atoms. The van der Waals surface area contributed by atoms with E-state index in [2.05, 4.69) is 0 Å². The molecular weight excluding hydrogens is 377 g/mol. The third-order valence-electron chi connectivity index (χ3n) is 4.56. The molecule has 0 amide bonds. The topological polar surface area (TPSA) is 39.2 Å². The number of nitrogens with zero attached hydrogens (tertiary/aromatic N) is 1. The van der Waals surface area contributed by atoms with E-state index in [9.17, 15) is 9.18 Å². The van der Waals surface area contributed by atoms with Gasteiger partial charge in [0.1, 0.15) is 5.82 Å². The Hall–Kier alpha value is -2.98. The van der Waals surface area contributed by atoms with E-state index in [1.54, 1.807) is 19.1 Å². The van der Waals surface area contributed by atoms with E-state index < -0.39 is 0 Å². The standard InChI is InChI=1S/C23H18FNO2.ClH/c1-2-27-22(26)14-17-13-21(16-7-10-18(24)11-8-16)25-20-12-9-15-5-3-4-6-19(15)23(17)20;/h3-13H,2,14H2,1H3;1H. The molecule has 5 heteroatoms. The van der Waals surface area contributed by atoms with Crippen LogP contribution in [0.4, 0.5) is 4.39 Å². The third-order valence-corrected chi connectivity index (χ3v) is 4.56. The number of hydrogen-bond acceptors (Lipinski definition) is 3. The quantitative estimate of drug-likeness (QED) is 0.327. The molecule has 0 unspecified atom stereocenters. The first-order valence-corrected chi connectivity index (χ1v) is 8.88. The van der Waals surface area contributed by atoms with Gasteiger partial charge in [-0.1, -0.05) is 30.3 Å². The largest absolute Gasteiger partial charge is 0.466 e. The number of carbonyl (C=O) groups excluding carboxylic acids is 1. The molecule has 3 aromatic carbocycles. The molecule has 0 aliphatic heterocycles. The summed E-state index contributed by atoms with van der Waals surface area (Å²) in [5.74, 6) is -0.569. The van der Waals surface area contributed by atoms with Gasteiger partial charge in [-0.05, 0) is 59.7 Å². The monoisotopic (exact) mass is 395 g/mol. The first kappa shape index (κ1) is 19.8. The Morgan fingerprint density at radius 1 is 1.04 bits per heavy atom. The highest BCUT2D eigenvalue weighted by molar-refractivity contribution is 6.09. The number of ether oxygens (including phenoxy) is 1. The van der Waals surface area contributed by atoms with Gasteiger partial charge in [-0.15, -0.1) is 12.4 Å². The highest BCUT2D eigenvalue weighted by atomic mass is 35.5. The number of aromatic nitrogens is 1. The maximum absolute atomic E-state index is 13.3. The summed E-state index contributed by atoms with van der Waals surface area (Å²) >= 11 is 0. The van der Waals surface area contributed by atoms with Crippen LogP contribution in [0.25, 0.3) is 32.9 Å². The molecule has 0 bridgehead atoms. The second kappa shape index (κ2) is 8.36. The summed E-state index contributed by atoms with van der Waals surface area (Å²) in [5, 5.41) is 3.09. The molecule has 28 heavy (non-hydrogen) atoms. The van der Waals surface area contributed by atoms with Gasteiger partial charge in [0.15, 0.2) is 0 Å². The molecule has 0 saturated heterocycles. The second-order valence-corrected chi connectivity index (χ2v) is 6.34.